The molecule has 488 valence electrons. The van der Waals surface area contributed by atoms with E-state index in [-0.39, 0.29) is 100 Å². The van der Waals surface area contributed by atoms with E-state index in [1.54, 1.807) is 37.4 Å². The molecule has 0 aromatic heterocycles. The third-order valence-electron chi connectivity index (χ3n) is 11.9. The van der Waals surface area contributed by atoms with Crippen molar-refractivity contribution in [1.29, 1.82) is 0 Å². The van der Waals surface area contributed by atoms with Gasteiger partial charge in [0.05, 0.1) is 45.1 Å². The molecule has 0 aliphatic carbocycles. The van der Waals surface area contributed by atoms with Crippen molar-refractivity contribution >= 4 is 110 Å². The van der Waals surface area contributed by atoms with Crippen LogP contribution in [0.5, 0.6) is 0 Å². The Hall–Kier alpha value is -7.02. The zero-order valence-electron chi connectivity index (χ0n) is 48.9. The fourth-order valence-electron chi connectivity index (χ4n) is 7.58. The van der Waals surface area contributed by atoms with Gasteiger partial charge >= 0.3 is 5.97 Å². The molecule has 3 rings (SSSR count). The SMILES string of the molecule is CCCOCCNC(=O)[C@@H]1CSSC[C@@H]2NC(=O)[C@H](CCCCN)NC(=O)CSC[C@H](NC(=O)[C@H](CC(=O)O)NC(=O)CNC(=O)[C@H](CCCN=C(N)N)NC2=O)C(=O)N[C@@H](Cc2ccccc2)C(=O)N1.COCCOCCNC(=O)COCC(N)=O. The second-order valence-corrected chi connectivity index (χ2v) is 22.8. The van der Waals surface area contributed by atoms with Crippen LogP contribution in [0.3, 0.4) is 0 Å². The summed E-state index contributed by atoms with van der Waals surface area (Å²) >= 11 is 0.848. The van der Waals surface area contributed by atoms with Gasteiger partial charge in [0, 0.05) is 57.0 Å². The number of amides is 11. The highest BCUT2D eigenvalue weighted by Gasteiger charge is 2.35. The topological polar surface area (TPSA) is 499 Å². The summed E-state index contributed by atoms with van der Waals surface area (Å²) < 4.78 is 20.1. The Kier molecular flexibility index (Phi) is 39.6. The van der Waals surface area contributed by atoms with Crippen LogP contribution in [0.15, 0.2) is 35.3 Å². The summed E-state index contributed by atoms with van der Waals surface area (Å²) in [5.41, 5.74) is 22.1. The van der Waals surface area contributed by atoms with E-state index in [0.29, 0.717) is 51.4 Å². The number of nitrogens with one attached hydrogen (secondary N) is 10. The maximum Gasteiger partial charge on any atom is 0.305 e. The molecule has 2 fully saturated rings. The molecule has 32 nitrogen and oxygen atoms in total. The summed E-state index contributed by atoms with van der Waals surface area (Å²) in [6.07, 6.45) is 0.693. The predicted octanol–water partition coefficient (Wildman–Crippen LogP) is -5.65. The minimum Gasteiger partial charge on any atom is -0.481 e. The molecule has 2 bridgehead atoms. The minimum absolute atomic E-state index is 0.0344. The Morgan fingerprint density at radius 3 is 1.91 bits per heavy atom. The Morgan fingerprint density at radius 2 is 1.25 bits per heavy atom. The number of methoxy groups -OCH3 is 1. The lowest BCUT2D eigenvalue weighted by molar-refractivity contribution is -0.141. The van der Waals surface area contributed by atoms with Crippen molar-refractivity contribution in [2.24, 2.45) is 27.9 Å². The first-order chi connectivity index (χ1) is 41.7. The lowest BCUT2D eigenvalue weighted by Crippen LogP contribution is -2.60. The Bertz CT molecular complexity index is 2400. The van der Waals surface area contributed by atoms with Crippen LogP contribution >= 0.6 is 33.3 Å². The third kappa shape index (κ3) is 34.8. The first kappa shape index (κ1) is 76.1. The van der Waals surface area contributed by atoms with Gasteiger partial charge in [-0.2, -0.15) is 0 Å². The number of carboxylic acids is 1. The van der Waals surface area contributed by atoms with Gasteiger partial charge in [-0.3, -0.25) is 62.5 Å². The van der Waals surface area contributed by atoms with E-state index in [2.05, 4.69) is 58.2 Å². The second-order valence-electron chi connectivity index (χ2n) is 19.2. The maximum absolute atomic E-state index is 14.4. The van der Waals surface area contributed by atoms with Gasteiger partial charge in [0.25, 0.3) is 0 Å². The molecule has 1 aromatic rings. The number of nitrogens with two attached hydrogens (primary N) is 4. The molecule has 0 spiro atoms. The summed E-state index contributed by atoms with van der Waals surface area (Å²) in [4.78, 5) is 162. The van der Waals surface area contributed by atoms with Crippen molar-refractivity contribution in [3.63, 3.8) is 0 Å². The number of aliphatic imine (C=N–C) groups is 1. The van der Waals surface area contributed by atoms with Crippen LogP contribution in [0.1, 0.15) is 57.4 Å². The number of primary amides is 1. The zero-order valence-corrected chi connectivity index (χ0v) is 51.3. The molecule has 1 aromatic carbocycles. The number of benzene rings is 1. The van der Waals surface area contributed by atoms with Crippen molar-refractivity contribution < 1.29 is 81.6 Å². The standard InChI is InChI=1S/C43H67N13O12S3.C9H18N2O5/c1-2-16-68-17-15-47-37(62)31-22-70-71-23-32-42(67)52-26(12-8-14-48-43(45)46)36(61)49-20-33(57)51-29(19-35(59)60)40(65)54-30(21-69-24-34(58)50-27(38(63)56-32)11-6-7-13-44)41(66)53-28(39(64)55-31)18-25-9-4-3-5-10-25;1-14-4-5-15-3-2-11-9(13)7-16-6-8(10)12/h3-5,9-10,26-32H,2,6-8,11-24,44H2,1H3,(H,47,62)(H,49,61)(H,50,58)(H,51,57)(H,52,67)(H,53,66)(H,54,65)(H,55,64)(H,56,63)(H,59,60)(H4,45,46,48);2-7H2,1H3,(H2,10,12)(H,11,13)/t26-,27-,28-,29-,30-,31-,32-;/m0./s1. The predicted molar refractivity (Wildman–Crippen MR) is 324 cm³/mol. The van der Waals surface area contributed by atoms with Crippen molar-refractivity contribution in [2.75, 3.05) is 109 Å². The lowest BCUT2D eigenvalue weighted by Gasteiger charge is -2.27. The van der Waals surface area contributed by atoms with Gasteiger partial charge in [-0.1, -0.05) is 58.8 Å². The Morgan fingerprint density at radius 1 is 0.644 bits per heavy atom. The van der Waals surface area contributed by atoms with Gasteiger partial charge in [0.2, 0.25) is 65.0 Å². The first-order valence-corrected chi connectivity index (χ1v) is 31.6. The number of unbranched alkanes of at least 4 members (excludes halogenated alkanes) is 1. The molecular formula is C52H85N15O17S3. The first-order valence-electron chi connectivity index (χ1n) is 27.9. The molecule has 2 aliphatic rings. The summed E-state index contributed by atoms with van der Waals surface area (Å²) in [5, 5.41) is 35.5. The van der Waals surface area contributed by atoms with E-state index in [9.17, 15) is 62.6 Å². The average Bonchev–Trinajstić information content (AvgIpc) is 3.33. The van der Waals surface area contributed by atoms with E-state index in [0.717, 1.165) is 39.8 Å². The van der Waals surface area contributed by atoms with Crippen molar-refractivity contribution in [1.82, 2.24) is 53.2 Å². The number of guanidine groups is 1. The smallest absolute Gasteiger partial charge is 0.305 e. The Balaban J connectivity index is 0.00000140. The minimum atomic E-state index is -1.82. The zero-order chi connectivity index (χ0) is 64.4. The highest BCUT2D eigenvalue weighted by atomic mass is 33.1. The van der Waals surface area contributed by atoms with E-state index in [1.165, 1.54) is 0 Å². The monoisotopic (exact) mass is 1290 g/mol. The summed E-state index contributed by atoms with van der Waals surface area (Å²) in [7, 11) is 3.69. The largest absolute Gasteiger partial charge is 0.481 e. The van der Waals surface area contributed by atoms with Crippen LogP contribution in [-0.2, 0) is 82.9 Å². The normalized spacial score (nSPS) is 21.3. The van der Waals surface area contributed by atoms with Gasteiger partial charge in [-0.25, -0.2) is 0 Å². The number of carbonyl (C=O) groups excluding carboxylic acids is 11. The fourth-order valence-corrected chi connectivity index (χ4v) is 10.8. The van der Waals surface area contributed by atoms with Crippen LogP contribution < -0.4 is 76.1 Å². The average molecular weight is 1290 g/mol. The molecule has 0 saturated carbocycles. The molecule has 0 radical (unpaired) electrons. The highest BCUT2D eigenvalue weighted by Crippen LogP contribution is 2.24. The van der Waals surface area contributed by atoms with Gasteiger partial charge in [-0.05, 0) is 50.6 Å². The van der Waals surface area contributed by atoms with Crippen LogP contribution in [0.2, 0.25) is 0 Å². The maximum atomic E-state index is 14.4. The molecule has 2 aliphatic heterocycles. The number of hydrogen-bond acceptors (Lipinski definition) is 21. The number of ether oxygens (including phenoxy) is 4. The second kappa shape index (κ2) is 45.3. The summed E-state index contributed by atoms with van der Waals surface area (Å²) in [5.74, 6) is -11.4. The van der Waals surface area contributed by atoms with Crippen LogP contribution in [0, 0.1) is 0 Å². The number of carbonyl (C=O) groups is 12. The van der Waals surface area contributed by atoms with Crippen LogP contribution in [0.25, 0.3) is 0 Å². The molecule has 19 N–H and O–H groups in total. The van der Waals surface area contributed by atoms with Gasteiger partial charge in [-0.15, -0.1) is 11.8 Å². The third-order valence-corrected chi connectivity index (χ3v) is 15.3. The van der Waals surface area contributed by atoms with Crippen molar-refractivity contribution in [3.8, 4) is 0 Å². The van der Waals surface area contributed by atoms with E-state index in [4.69, 9.17) is 41.9 Å². The number of aliphatic carboxylic acids is 1. The quantitative estimate of drug-likeness (QED) is 0.0161. The van der Waals surface area contributed by atoms with Gasteiger partial charge in [0.1, 0.15) is 55.5 Å². The number of fused-ring (bicyclic) bond motifs is 9. The molecular weight excluding hydrogens is 1200 g/mol. The molecule has 87 heavy (non-hydrogen) atoms. The fraction of sp³-hybridized carbons (Fsp3) is 0.635. The Labute approximate surface area is 516 Å². The molecule has 0 unspecified atom stereocenters. The number of rotatable bonds is 28. The highest BCUT2D eigenvalue weighted by molar-refractivity contribution is 8.76. The van der Waals surface area contributed by atoms with Crippen LogP contribution in [-0.4, -0.2) is 233 Å². The summed E-state index contributed by atoms with van der Waals surface area (Å²) in [6, 6.07) is -1.40. The number of thioether (sulfide) groups is 1. The number of carboxylic acid groups (broad SMARTS) is 1. The number of nitrogens with zero attached hydrogens (tertiary/aromatic N) is 1. The molecule has 2 saturated heterocycles. The molecule has 2 heterocycles. The van der Waals surface area contributed by atoms with Gasteiger partial charge in [0.15, 0.2) is 5.96 Å². The van der Waals surface area contributed by atoms with Crippen molar-refractivity contribution in [3.05, 3.63) is 35.9 Å². The van der Waals surface area contributed by atoms with E-state index < -0.39 is 120 Å². The number of hydrogen-bond donors (Lipinski definition) is 15. The van der Waals surface area contributed by atoms with E-state index >= 15 is 0 Å². The lowest BCUT2D eigenvalue weighted by atomic mass is 10.0. The molecule has 11 amide bonds. The van der Waals surface area contributed by atoms with Crippen molar-refractivity contribution in [2.45, 2.75) is 101 Å². The van der Waals surface area contributed by atoms with Gasteiger partial charge < -0.3 is 100 Å². The molecule has 35 heteroatoms. The molecule has 7 atom stereocenters. The van der Waals surface area contributed by atoms with E-state index in [1.807, 2.05) is 6.92 Å². The summed E-state index contributed by atoms with van der Waals surface area (Å²) in [6.45, 7) is 3.54. The van der Waals surface area contributed by atoms with Crippen LogP contribution in [0.4, 0.5) is 0 Å².